The van der Waals surface area contributed by atoms with Crippen LogP contribution < -0.4 is 5.32 Å². The van der Waals surface area contributed by atoms with Gasteiger partial charge in [0.2, 0.25) is 0 Å². The molecule has 2 heterocycles. The van der Waals surface area contributed by atoms with Crippen molar-refractivity contribution < 1.29 is 0 Å². The number of pyridine rings is 1. The molecule has 2 aromatic rings. The van der Waals surface area contributed by atoms with Crippen LogP contribution in [0.5, 0.6) is 0 Å². The molecule has 0 saturated heterocycles. The van der Waals surface area contributed by atoms with Crippen LogP contribution in [0.1, 0.15) is 5.56 Å². The molecule has 0 amide bonds. The van der Waals surface area contributed by atoms with Gasteiger partial charge in [-0.2, -0.15) is 5.10 Å². The maximum atomic E-state index is 4.18. The van der Waals surface area contributed by atoms with Crippen molar-refractivity contribution in [3.05, 3.63) is 36.3 Å². The van der Waals surface area contributed by atoms with Gasteiger partial charge in [0.05, 0.1) is 6.20 Å². The fraction of sp³-hybridized carbons (Fsp3) is 0.273. The first-order valence-corrected chi connectivity index (χ1v) is 6.00. The first-order valence-electron chi connectivity index (χ1n) is 5.02. The molecule has 0 aliphatic carbocycles. The average Bonchev–Trinajstić information content (AvgIpc) is 2.73. The van der Waals surface area contributed by atoms with Crippen molar-refractivity contribution in [3.63, 3.8) is 0 Å². The van der Waals surface area contributed by atoms with Crippen LogP contribution in [0, 0.1) is 0 Å². The fourth-order valence-corrected chi connectivity index (χ4v) is 2.20. The first-order chi connectivity index (χ1) is 7.78. The zero-order valence-electron chi connectivity index (χ0n) is 9.34. The number of thioether (sulfide) groups is 1. The molecule has 1 N–H and O–H groups in total. The molecule has 0 saturated carbocycles. The largest absolute Gasteiger partial charge is 0.373 e. The Morgan fingerprint density at radius 3 is 3.06 bits per heavy atom. The lowest BCUT2D eigenvalue weighted by Gasteiger charge is -2.02. The molecule has 4 nitrogen and oxygen atoms in total. The van der Waals surface area contributed by atoms with Gasteiger partial charge in [0, 0.05) is 37.1 Å². The van der Waals surface area contributed by atoms with E-state index in [0.717, 1.165) is 11.6 Å². The Balaban J connectivity index is 1.99. The van der Waals surface area contributed by atoms with E-state index < -0.39 is 0 Å². The second-order valence-corrected chi connectivity index (χ2v) is 4.49. The lowest BCUT2D eigenvalue weighted by atomic mass is 10.3. The van der Waals surface area contributed by atoms with Crippen molar-refractivity contribution in [2.24, 2.45) is 7.05 Å². The first kappa shape index (κ1) is 11.0. The molecule has 0 spiro atoms. The van der Waals surface area contributed by atoms with Gasteiger partial charge in [-0.3, -0.25) is 4.68 Å². The number of nitrogens with zero attached hydrogens (tertiary/aromatic N) is 3. The highest BCUT2D eigenvalue weighted by Crippen LogP contribution is 2.22. The lowest BCUT2D eigenvalue weighted by molar-refractivity contribution is 0.766. The lowest BCUT2D eigenvalue weighted by Crippen LogP contribution is -1.92. The summed E-state index contributed by atoms with van der Waals surface area (Å²) in [6.07, 6.45) is 5.72. The molecule has 2 aromatic heterocycles. The summed E-state index contributed by atoms with van der Waals surface area (Å²) in [5, 5.41) is 7.17. The van der Waals surface area contributed by atoms with Gasteiger partial charge in [-0.1, -0.05) is 0 Å². The molecule has 16 heavy (non-hydrogen) atoms. The van der Waals surface area contributed by atoms with Crippen molar-refractivity contribution in [1.29, 1.82) is 0 Å². The van der Waals surface area contributed by atoms with Crippen LogP contribution in [-0.4, -0.2) is 21.8 Å². The number of aromatic nitrogens is 3. The van der Waals surface area contributed by atoms with Crippen LogP contribution in [0.15, 0.2) is 35.6 Å². The van der Waals surface area contributed by atoms with E-state index in [2.05, 4.69) is 21.5 Å². The van der Waals surface area contributed by atoms with Gasteiger partial charge < -0.3 is 5.32 Å². The highest BCUT2D eigenvalue weighted by Gasteiger charge is 1.99. The normalized spacial score (nSPS) is 10.4. The molecule has 0 fully saturated rings. The van der Waals surface area contributed by atoms with Gasteiger partial charge in [-0.15, -0.1) is 11.8 Å². The van der Waals surface area contributed by atoms with Crippen LogP contribution in [0.25, 0.3) is 0 Å². The third kappa shape index (κ3) is 2.76. The molecule has 0 aromatic carbocycles. The number of hydrogen-bond acceptors (Lipinski definition) is 4. The Morgan fingerprint density at radius 1 is 1.50 bits per heavy atom. The molecule has 0 aliphatic heterocycles. The summed E-state index contributed by atoms with van der Waals surface area (Å²) in [6, 6.07) is 4.09. The topological polar surface area (TPSA) is 42.7 Å². The molecule has 5 heteroatoms. The Labute approximate surface area is 99.1 Å². The van der Waals surface area contributed by atoms with Gasteiger partial charge in [0.1, 0.15) is 5.82 Å². The summed E-state index contributed by atoms with van der Waals surface area (Å²) in [5.41, 5.74) is 1.26. The molecule has 0 bridgehead atoms. The Bertz CT molecular complexity index is 467. The minimum atomic E-state index is 0.907. The minimum absolute atomic E-state index is 0.907. The molecule has 84 valence electrons. The van der Waals surface area contributed by atoms with E-state index in [-0.39, 0.29) is 0 Å². The van der Waals surface area contributed by atoms with Gasteiger partial charge in [0.25, 0.3) is 0 Å². The van der Waals surface area contributed by atoms with Crippen molar-refractivity contribution >= 4 is 17.6 Å². The molecule has 0 radical (unpaired) electrons. The summed E-state index contributed by atoms with van der Waals surface area (Å²) < 4.78 is 1.81. The maximum Gasteiger partial charge on any atom is 0.125 e. The monoisotopic (exact) mass is 234 g/mol. The predicted octanol–water partition coefficient (Wildman–Crippen LogP) is 2.15. The van der Waals surface area contributed by atoms with Crippen LogP contribution in [-0.2, 0) is 12.8 Å². The highest BCUT2D eigenvalue weighted by atomic mass is 32.2. The number of nitrogens with one attached hydrogen (secondary N) is 1. The number of hydrogen-bond donors (Lipinski definition) is 1. The van der Waals surface area contributed by atoms with E-state index in [1.807, 2.05) is 43.4 Å². The van der Waals surface area contributed by atoms with Crippen molar-refractivity contribution in [2.75, 3.05) is 12.4 Å². The Morgan fingerprint density at radius 2 is 2.38 bits per heavy atom. The molecular formula is C11H14N4S. The van der Waals surface area contributed by atoms with E-state index in [1.165, 1.54) is 10.5 Å². The summed E-state index contributed by atoms with van der Waals surface area (Å²) in [6.45, 7) is 0. The average molecular weight is 234 g/mol. The molecular weight excluding hydrogens is 220 g/mol. The number of rotatable bonds is 4. The summed E-state index contributed by atoms with van der Waals surface area (Å²) >= 11 is 1.77. The Kier molecular flexibility index (Phi) is 3.46. The van der Waals surface area contributed by atoms with Crippen LogP contribution >= 0.6 is 11.8 Å². The number of anilines is 1. The third-order valence-electron chi connectivity index (χ3n) is 2.17. The van der Waals surface area contributed by atoms with Gasteiger partial charge in [0.15, 0.2) is 0 Å². The number of aryl methyl sites for hydroxylation is 1. The van der Waals surface area contributed by atoms with Crippen LogP contribution in [0.4, 0.5) is 5.82 Å². The zero-order chi connectivity index (χ0) is 11.4. The SMILES string of the molecule is CNc1cc(CSc2cnn(C)c2)ccn1. The summed E-state index contributed by atoms with van der Waals surface area (Å²) in [5.74, 6) is 1.84. The smallest absolute Gasteiger partial charge is 0.125 e. The van der Waals surface area contributed by atoms with E-state index >= 15 is 0 Å². The zero-order valence-corrected chi connectivity index (χ0v) is 10.2. The molecule has 0 aliphatic rings. The van der Waals surface area contributed by atoms with E-state index in [9.17, 15) is 0 Å². The standard InChI is InChI=1S/C11H14N4S/c1-12-11-5-9(3-4-13-11)8-16-10-6-14-15(2)7-10/h3-7H,8H2,1-2H3,(H,12,13). The third-order valence-corrected chi connectivity index (χ3v) is 3.19. The molecule has 2 rings (SSSR count). The second-order valence-electron chi connectivity index (χ2n) is 3.44. The van der Waals surface area contributed by atoms with Crippen LogP contribution in [0.2, 0.25) is 0 Å². The van der Waals surface area contributed by atoms with E-state index in [4.69, 9.17) is 0 Å². The second kappa shape index (κ2) is 5.03. The van der Waals surface area contributed by atoms with Crippen molar-refractivity contribution in [2.45, 2.75) is 10.6 Å². The van der Waals surface area contributed by atoms with Gasteiger partial charge in [-0.05, 0) is 17.7 Å². The maximum absolute atomic E-state index is 4.18. The fourth-order valence-electron chi connectivity index (χ4n) is 1.34. The van der Waals surface area contributed by atoms with Crippen LogP contribution in [0.3, 0.4) is 0 Å². The van der Waals surface area contributed by atoms with Gasteiger partial charge in [-0.25, -0.2) is 4.98 Å². The quantitative estimate of drug-likeness (QED) is 0.823. The van der Waals surface area contributed by atoms with E-state index in [1.54, 1.807) is 11.8 Å². The Hall–Kier alpha value is -1.49. The van der Waals surface area contributed by atoms with Crippen molar-refractivity contribution in [3.8, 4) is 0 Å². The summed E-state index contributed by atoms with van der Waals surface area (Å²) in [7, 11) is 3.80. The van der Waals surface area contributed by atoms with Gasteiger partial charge >= 0.3 is 0 Å². The molecule has 0 atom stereocenters. The predicted molar refractivity (Wildman–Crippen MR) is 66.6 cm³/mol. The minimum Gasteiger partial charge on any atom is -0.373 e. The molecule has 0 unspecified atom stereocenters. The van der Waals surface area contributed by atoms with Crippen molar-refractivity contribution in [1.82, 2.24) is 14.8 Å². The summed E-state index contributed by atoms with van der Waals surface area (Å²) in [4.78, 5) is 5.37. The van der Waals surface area contributed by atoms with E-state index in [0.29, 0.717) is 0 Å². The highest BCUT2D eigenvalue weighted by molar-refractivity contribution is 7.98.